The van der Waals surface area contributed by atoms with Gasteiger partial charge >= 0.3 is 0 Å². The van der Waals surface area contributed by atoms with E-state index in [9.17, 15) is 0 Å². The summed E-state index contributed by atoms with van der Waals surface area (Å²) in [4.78, 5) is 1.44. The van der Waals surface area contributed by atoms with Crippen molar-refractivity contribution in [1.82, 2.24) is 0 Å². The maximum atomic E-state index is 2.39. The first-order valence-electron chi connectivity index (χ1n) is 6.70. The summed E-state index contributed by atoms with van der Waals surface area (Å²) in [5, 5.41) is 0. The average molecular weight is 250 g/mol. The Morgan fingerprint density at radius 1 is 1.06 bits per heavy atom. The van der Waals surface area contributed by atoms with Crippen LogP contribution in [0.25, 0.3) is 0 Å². The highest BCUT2D eigenvalue weighted by Gasteiger charge is 2.15. The SMILES string of the molecule is Cc1ccccc1SCCC(C)C(C)C(C)C. The summed E-state index contributed by atoms with van der Waals surface area (Å²) in [5.41, 5.74) is 1.40. The van der Waals surface area contributed by atoms with Crippen molar-refractivity contribution in [2.45, 2.75) is 45.9 Å². The highest BCUT2D eigenvalue weighted by molar-refractivity contribution is 7.99. The van der Waals surface area contributed by atoms with Crippen molar-refractivity contribution in [2.75, 3.05) is 5.75 Å². The molecule has 1 aromatic rings. The third-order valence-corrected chi connectivity index (χ3v) is 5.08. The van der Waals surface area contributed by atoms with E-state index in [0.29, 0.717) is 0 Å². The highest BCUT2D eigenvalue weighted by Crippen LogP contribution is 2.28. The first-order valence-corrected chi connectivity index (χ1v) is 7.69. The summed E-state index contributed by atoms with van der Waals surface area (Å²) < 4.78 is 0. The Bertz CT molecular complexity index is 330. The first-order chi connectivity index (χ1) is 8.02. The molecular weight excluding hydrogens is 224 g/mol. The zero-order chi connectivity index (χ0) is 12.8. The Morgan fingerprint density at radius 3 is 2.29 bits per heavy atom. The molecule has 0 aromatic heterocycles. The number of hydrogen-bond donors (Lipinski definition) is 0. The molecule has 0 heterocycles. The van der Waals surface area contributed by atoms with Gasteiger partial charge in [-0.15, -0.1) is 11.8 Å². The molecule has 0 fully saturated rings. The molecule has 0 spiro atoms. The normalized spacial score (nSPS) is 14.9. The lowest BCUT2D eigenvalue weighted by Crippen LogP contribution is -2.14. The number of aryl methyl sites for hydroxylation is 1. The van der Waals surface area contributed by atoms with E-state index < -0.39 is 0 Å². The first kappa shape index (κ1) is 14.6. The summed E-state index contributed by atoms with van der Waals surface area (Å²) >= 11 is 2.00. The number of rotatable bonds is 6. The fourth-order valence-electron chi connectivity index (χ4n) is 1.99. The predicted molar refractivity (Wildman–Crippen MR) is 79.7 cm³/mol. The van der Waals surface area contributed by atoms with Gasteiger partial charge in [-0.25, -0.2) is 0 Å². The van der Waals surface area contributed by atoms with Crippen molar-refractivity contribution in [3.63, 3.8) is 0 Å². The van der Waals surface area contributed by atoms with E-state index in [2.05, 4.69) is 58.9 Å². The van der Waals surface area contributed by atoms with Crippen molar-refractivity contribution >= 4 is 11.8 Å². The molecule has 2 atom stereocenters. The second-order valence-electron chi connectivity index (χ2n) is 5.48. The van der Waals surface area contributed by atoms with Crippen LogP contribution in [-0.2, 0) is 0 Å². The molecule has 0 saturated heterocycles. The molecule has 1 rings (SSSR count). The van der Waals surface area contributed by atoms with Gasteiger partial charge in [0.15, 0.2) is 0 Å². The van der Waals surface area contributed by atoms with E-state index in [4.69, 9.17) is 0 Å². The maximum Gasteiger partial charge on any atom is 0.0101 e. The molecule has 2 unspecified atom stereocenters. The molecule has 17 heavy (non-hydrogen) atoms. The molecule has 1 aromatic carbocycles. The summed E-state index contributed by atoms with van der Waals surface area (Å²) in [6.07, 6.45) is 1.32. The van der Waals surface area contributed by atoms with Crippen LogP contribution in [0.5, 0.6) is 0 Å². The fraction of sp³-hybridized carbons (Fsp3) is 0.625. The second kappa shape index (κ2) is 7.10. The van der Waals surface area contributed by atoms with Gasteiger partial charge in [0.1, 0.15) is 0 Å². The zero-order valence-electron chi connectivity index (χ0n) is 11.9. The minimum Gasteiger partial charge on any atom is -0.126 e. The van der Waals surface area contributed by atoms with Crippen molar-refractivity contribution in [3.05, 3.63) is 29.8 Å². The van der Waals surface area contributed by atoms with Crippen molar-refractivity contribution in [3.8, 4) is 0 Å². The number of hydrogen-bond acceptors (Lipinski definition) is 1. The maximum absolute atomic E-state index is 2.39. The zero-order valence-corrected chi connectivity index (χ0v) is 12.7. The number of thioether (sulfide) groups is 1. The highest BCUT2D eigenvalue weighted by atomic mass is 32.2. The largest absolute Gasteiger partial charge is 0.126 e. The van der Waals surface area contributed by atoms with Crippen LogP contribution < -0.4 is 0 Å². The predicted octanol–water partition coefficient (Wildman–Crippen LogP) is 5.41. The van der Waals surface area contributed by atoms with Crippen LogP contribution in [0.2, 0.25) is 0 Å². The lowest BCUT2D eigenvalue weighted by atomic mass is 9.85. The van der Waals surface area contributed by atoms with Crippen LogP contribution >= 0.6 is 11.8 Å². The topological polar surface area (TPSA) is 0 Å². The molecule has 0 amide bonds. The average Bonchev–Trinajstić information content (AvgIpc) is 2.30. The minimum atomic E-state index is 0.800. The molecule has 0 saturated carbocycles. The van der Waals surface area contributed by atoms with Crippen LogP contribution in [0.15, 0.2) is 29.2 Å². The van der Waals surface area contributed by atoms with Gasteiger partial charge in [-0.05, 0) is 48.5 Å². The Labute approximate surface area is 111 Å². The molecule has 0 aliphatic rings. The summed E-state index contributed by atoms with van der Waals surface area (Å²) in [6, 6.07) is 8.68. The molecule has 0 bridgehead atoms. The standard InChI is InChI=1S/C16H26S/c1-12(2)15(5)13(3)10-11-17-16-9-7-6-8-14(16)4/h6-9,12-13,15H,10-11H2,1-5H3. The van der Waals surface area contributed by atoms with E-state index in [0.717, 1.165) is 17.8 Å². The van der Waals surface area contributed by atoms with Gasteiger partial charge in [0.05, 0.1) is 0 Å². The molecule has 0 aliphatic carbocycles. The van der Waals surface area contributed by atoms with Crippen molar-refractivity contribution in [1.29, 1.82) is 0 Å². The molecule has 96 valence electrons. The van der Waals surface area contributed by atoms with Crippen molar-refractivity contribution < 1.29 is 0 Å². The minimum absolute atomic E-state index is 0.800. The molecule has 0 radical (unpaired) electrons. The van der Waals surface area contributed by atoms with Gasteiger partial charge < -0.3 is 0 Å². The molecule has 1 heteroatoms. The van der Waals surface area contributed by atoms with Crippen LogP contribution in [0.4, 0.5) is 0 Å². The monoisotopic (exact) mass is 250 g/mol. The van der Waals surface area contributed by atoms with E-state index in [1.165, 1.54) is 22.6 Å². The molecule has 0 aliphatic heterocycles. The van der Waals surface area contributed by atoms with Gasteiger partial charge in [0.2, 0.25) is 0 Å². The van der Waals surface area contributed by atoms with E-state index in [1.54, 1.807) is 0 Å². The molecule has 0 nitrogen and oxygen atoms in total. The fourth-order valence-corrected chi connectivity index (χ4v) is 3.17. The Kier molecular flexibility index (Phi) is 6.11. The third kappa shape index (κ3) is 4.75. The van der Waals surface area contributed by atoms with E-state index in [-0.39, 0.29) is 0 Å². The summed E-state index contributed by atoms with van der Waals surface area (Å²) in [6.45, 7) is 11.6. The molecule has 0 N–H and O–H groups in total. The van der Waals surface area contributed by atoms with Gasteiger partial charge in [-0.1, -0.05) is 45.9 Å². The number of benzene rings is 1. The lowest BCUT2D eigenvalue weighted by molar-refractivity contribution is 0.291. The van der Waals surface area contributed by atoms with Crippen LogP contribution in [0.3, 0.4) is 0 Å². The van der Waals surface area contributed by atoms with Crippen molar-refractivity contribution in [2.24, 2.45) is 17.8 Å². The van der Waals surface area contributed by atoms with Crippen LogP contribution in [0.1, 0.15) is 39.7 Å². The molecular formula is C16H26S. The quantitative estimate of drug-likeness (QED) is 0.609. The van der Waals surface area contributed by atoms with E-state index in [1.807, 2.05) is 11.8 Å². The van der Waals surface area contributed by atoms with Gasteiger partial charge in [0, 0.05) is 4.90 Å². The van der Waals surface area contributed by atoms with Gasteiger partial charge in [0.25, 0.3) is 0 Å². The summed E-state index contributed by atoms with van der Waals surface area (Å²) in [7, 11) is 0. The summed E-state index contributed by atoms with van der Waals surface area (Å²) in [5.74, 6) is 3.69. The van der Waals surface area contributed by atoms with Crippen LogP contribution in [0, 0.1) is 24.7 Å². The second-order valence-corrected chi connectivity index (χ2v) is 6.62. The third-order valence-electron chi connectivity index (χ3n) is 3.87. The van der Waals surface area contributed by atoms with Crippen LogP contribution in [-0.4, -0.2) is 5.75 Å². The van der Waals surface area contributed by atoms with Gasteiger partial charge in [-0.2, -0.15) is 0 Å². The Hall–Kier alpha value is -0.430. The lowest BCUT2D eigenvalue weighted by Gasteiger charge is -2.23. The smallest absolute Gasteiger partial charge is 0.0101 e. The van der Waals surface area contributed by atoms with Gasteiger partial charge in [-0.3, -0.25) is 0 Å². The Balaban J connectivity index is 2.36. The Morgan fingerprint density at radius 2 is 1.71 bits per heavy atom. The van der Waals surface area contributed by atoms with E-state index >= 15 is 0 Å².